The van der Waals surface area contributed by atoms with Gasteiger partial charge in [-0.25, -0.2) is 13.2 Å². The number of carboxylic acid groups (broad SMARTS) is 1. The van der Waals surface area contributed by atoms with Gasteiger partial charge in [0.05, 0.1) is 18.2 Å². The molecule has 0 unspecified atom stereocenters. The van der Waals surface area contributed by atoms with Crippen molar-refractivity contribution in [2.45, 2.75) is 24.3 Å². The van der Waals surface area contributed by atoms with Crippen LogP contribution in [0.3, 0.4) is 0 Å². The molecule has 20 heavy (non-hydrogen) atoms. The average Bonchev–Trinajstić information content (AvgIpc) is 2.36. The Morgan fingerprint density at radius 3 is 2.50 bits per heavy atom. The standard InChI is InChI=1S/C13H15NO5S/c1-5-13(2,3)14-20(17,18)11-7-6-9(12(15)16)8-10(11)19-4/h1,6-8,14H,2-4H3,(H,15,16). The van der Waals surface area contributed by atoms with E-state index >= 15 is 0 Å². The molecular formula is C13H15NO5S. The molecule has 0 aliphatic carbocycles. The molecule has 0 saturated carbocycles. The van der Waals surface area contributed by atoms with Crippen molar-refractivity contribution in [3.8, 4) is 18.1 Å². The van der Waals surface area contributed by atoms with Gasteiger partial charge in [-0.1, -0.05) is 5.92 Å². The molecule has 0 fully saturated rings. The second-order valence-electron chi connectivity index (χ2n) is 4.55. The summed E-state index contributed by atoms with van der Waals surface area (Å²) < 4.78 is 31.7. The third kappa shape index (κ3) is 3.50. The molecule has 0 spiro atoms. The lowest BCUT2D eigenvalue weighted by molar-refractivity contribution is 0.0696. The molecule has 0 aliphatic rings. The number of terminal acetylenes is 1. The normalized spacial score (nSPS) is 11.7. The monoisotopic (exact) mass is 297 g/mol. The van der Waals surface area contributed by atoms with Crippen LogP contribution in [0, 0.1) is 12.3 Å². The van der Waals surface area contributed by atoms with E-state index in [2.05, 4.69) is 10.6 Å². The van der Waals surface area contributed by atoms with E-state index in [1.165, 1.54) is 27.0 Å². The topological polar surface area (TPSA) is 92.7 Å². The number of sulfonamides is 1. The number of hydrogen-bond acceptors (Lipinski definition) is 4. The lowest BCUT2D eigenvalue weighted by Crippen LogP contribution is -2.42. The van der Waals surface area contributed by atoms with Crippen molar-refractivity contribution in [2.75, 3.05) is 7.11 Å². The van der Waals surface area contributed by atoms with Crippen LogP contribution in [0.25, 0.3) is 0 Å². The fraction of sp³-hybridized carbons (Fsp3) is 0.308. The molecule has 0 heterocycles. The van der Waals surface area contributed by atoms with Gasteiger partial charge in [0, 0.05) is 0 Å². The van der Waals surface area contributed by atoms with E-state index in [1.807, 2.05) is 0 Å². The highest BCUT2D eigenvalue weighted by atomic mass is 32.2. The minimum atomic E-state index is -3.93. The van der Waals surface area contributed by atoms with Gasteiger partial charge in [-0.2, -0.15) is 4.72 Å². The van der Waals surface area contributed by atoms with Crippen molar-refractivity contribution in [1.82, 2.24) is 4.72 Å². The number of carbonyl (C=O) groups is 1. The smallest absolute Gasteiger partial charge is 0.335 e. The molecule has 1 aromatic rings. The zero-order valence-corrected chi connectivity index (χ0v) is 12.1. The first-order valence-corrected chi connectivity index (χ1v) is 7.04. The Kier molecular flexibility index (Phi) is 4.43. The second kappa shape index (κ2) is 5.53. The molecule has 0 radical (unpaired) electrons. The van der Waals surface area contributed by atoms with Gasteiger partial charge < -0.3 is 9.84 Å². The summed E-state index contributed by atoms with van der Waals surface area (Å²) >= 11 is 0. The predicted octanol–water partition coefficient (Wildman–Crippen LogP) is 1.08. The molecule has 0 bridgehead atoms. The molecule has 0 aliphatic heterocycles. The highest BCUT2D eigenvalue weighted by Gasteiger charge is 2.27. The zero-order chi connectivity index (χ0) is 15.6. The van der Waals surface area contributed by atoms with E-state index in [0.717, 1.165) is 12.1 Å². The van der Waals surface area contributed by atoms with Crippen LogP contribution < -0.4 is 9.46 Å². The van der Waals surface area contributed by atoms with E-state index in [9.17, 15) is 13.2 Å². The second-order valence-corrected chi connectivity index (χ2v) is 6.20. The SMILES string of the molecule is C#CC(C)(C)NS(=O)(=O)c1ccc(C(=O)O)cc1OC. The van der Waals surface area contributed by atoms with E-state index in [-0.39, 0.29) is 16.2 Å². The van der Waals surface area contributed by atoms with Gasteiger partial charge in [0.15, 0.2) is 0 Å². The molecule has 0 saturated heterocycles. The fourth-order valence-corrected chi connectivity index (χ4v) is 2.94. The number of carboxylic acids is 1. The Morgan fingerprint density at radius 2 is 2.05 bits per heavy atom. The van der Waals surface area contributed by atoms with Crippen molar-refractivity contribution in [1.29, 1.82) is 0 Å². The van der Waals surface area contributed by atoms with Gasteiger partial charge in [-0.05, 0) is 32.0 Å². The molecule has 1 aromatic carbocycles. The van der Waals surface area contributed by atoms with Crippen molar-refractivity contribution in [2.24, 2.45) is 0 Å². The summed E-state index contributed by atoms with van der Waals surface area (Å²) in [7, 11) is -2.67. The Morgan fingerprint density at radius 1 is 1.45 bits per heavy atom. The summed E-state index contributed by atoms with van der Waals surface area (Å²) in [5.74, 6) is 1.07. The molecule has 108 valence electrons. The molecule has 7 heteroatoms. The number of methoxy groups -OCH3 is 1. The van der Waals surface area contributed by atoms with Gasteiger partial charge in [0.2, 0.25) is 10.0 Å². The summed E-state index contributed by atoms with van der Waals surface area (Å²) in [6, 6.07) is 3.49. The third-order valence-electron chi connectivity index (χ3n) is 2.45. The number of ether oxygens (including phenoxy) is 1. The molecule has 1 rings (SSSR count). The van der Waals surface area contributed by atoms with Crippen molar-refractivity contribution < 1.29 is 23.1 Å². The highest BCUT2D eigenvalue weighted by molar-refractivity contribution is 7.89. The summed E-state index contributed by atoms with van der Waals surface area (Å²) in [5, 5.41) is 8.88. The van der Waals surface area contributed by atoms with Crippen LogP contribution in [-0.4, -0.2) is 32.1 Å². The Labute approximate surface area is 117 Å². The fourth-order valence-electron chi connectivity index (χ4n) is 1.44. The number of aromatic carboxylic acids is 1. The number of hydrogen-bond donors (Lipinski definition) is 2. The Bertz CT molecular complexity index is 670. The molecule has 2 N–H and O–H groups in total. The first-order valence-electron chi connectivity index (χ1n) is 5.56. The van der Waals surface area contributed by atoms with Gasteiger partial charge in [-0.3, -0.25) is 0 Å². The summed E-state index contributed by atoms with van der Waals surface area (Å²) in [4.78, 5) is 10.7. The van der Waals surface area contributed by atoms with E-state index in [1.54, 1.807) is 0 Å². The first-order chi connectivity index (χ1) is 9.13. The largest absolute Gasteiger partial charge is 0.495 e. The number of nitrogens with one attached hydrogen (secondary N) is 1. The summed E-state index contributed by atoms with van der Waals surface area (Å²) in [6.07, 6.45) is 5.24. The third-order valence-corrected chi connectivity index (χ3v) is 4.15. The minimum Gasteiger partial charge on any atom is -0.495 e. The lowest BCUT2D eigenvalue weighted by Gasteiger charge is -2.20. The Hall–Kier alpha value is -2.04. The van der Waals surface area contributed by atoms with Crippen molar-refractivity contribution in [3.63, 3.8) is 0 Å². The van der Waals surface area contributed by atoms with Crippen LogP contribution in [0.1, 0.15) is 24.2 Å². The van der Waals surface area contributed by atoms with Gasteiger partial charge in [0.1, 0.15) is 10.6 Å². The molecule has 0 atom stereocenters. The molecule has 0 aromatic heterocycles. The van der Waals surface area contributed by atoms with Crippen LogP contribution in [0.4, 0.5) is 0 Å². The summed E-state index contributed by atoms with van der Waals surface area (Å²) in [6.45, 7) is 3.06. The van der Waals surface area contributed by atoms with Crippen LogP contribution in [0.5, 0.6) is 5.75 Å². The number of rotatable bonds is 5. The zero-order valence-electron chi connectivity index (χ0n) is 11.3. The maximum absolute atomic E-state index is 12.2. The highest BCUT2D eigenvalue weighted by Crippen LogP contribution is 2.26. The summed E-state index contributed by atoms with van der Waals surface area (Å²) in [5.41, 5.74) is -1.15. The van der Waals surface area contributed by atoms with Gasteiger partial charge in [0.25, 0.3) is 0 Å². The van der Waals surface area contributed by atoms with Crippen LogP contribution in [0.2, 0.25) is 0 Å². The van der Waals surface area contributed by atoms with E-state index in [0.29, 0.717) is 0 Å². The molecule has 6 nitrogen and oxygen atoms in total. The molecular weight excluding hydrogens is 282 g/mol. The first kappa shape index (κ1) is 16.0. The molecule has 0 amide bonds. The lowest BCUT2D eigenvalue weighted by atomic mass is 10.1. The van der Waals surface area contributed by atoms with Crippen LogP contribution in [-0.2, 0) is 10.0 Å². The van der Waals surface area contributed by atoms with E-state index in [4.69, 9.17) is 16.3 Å². The minimum absolute atomic E-state index is 0.0646. The van der Waals surface area contributed by atoms with Crippen molar-refractivity contribution in [3.05, 3.63) is 23.8 Å². The van der Waals surface area contributed by atoms with Crippen LogP contribution >= 0.6 is 0 Å². The quantitative estimate of drug-likeness (QED) is 0.793. The maximum Gasteiger partial charge on any atom is 0.335 e. The maximum atomic E-state index is 12.2. The van der Waals surface area contributed by atoms with Crippen LogP contribution in [0.15, 0.2) is 23.1 Å². The number of benzene rings is 1. The Balaban J connectivity index is 3.33. The predicted molar refractivity (Wildman–Crippen MR) is 73.2 cm³/mol. The van der Waals surface area contributed by atoms with Gasteiger partial charge >= 0.3 is 5.97 Å². The average molecular weight is 297 g/mol. The van der Waals surface area contributed by atoms with E-state index < -0.39 is 21.5 Å². The van der Waals surface area contributed by atoms with Gasteiger partial charge in [-0.15, -0.1) is 6.42 Å². The van der Waals surface area contributed by atoms with Crippen molar-refractivity contribution >= 4 is 16.0 Å².